The van der Waals surface area contributed by atoms with Crippen LogP contribution in [-0.4, -0.2) is 54.8 Å². The van der Waals surface area contributed by atoms with Gasteiger partial charge in [-0.25, -0.2) is 0 Å². The minimum absolute atomic E-state index is 0.111. The fourth-order valence-electron chi connectivity index (χ4n) is 3.31. The molecule has 2 aliphatic rings. The van der Waals surface area contributed by atoms with Gasteiger partial charge >= 0.3 is 0 Å². The topological polar surface area (TPSA) is 52.7 Å². The summed E-state index contributed by atoms with van der Waals surface area (Å²) in [5.41, 5.74) is 1.31. The molecule has 2 amide bonds. The molecule has 5 nitrogen and oxygen atoms in total. The molecule has 3 rings (SSSR count). The first-order chi connectivity index (χ1) is 10.7. The standard InChI is InChI=1S/C16H23N3O2S/c1-17-16(21)12-2-6-18(7-3-12)11-15(20)19-8-4-14-13(10-19)5-9-22-14/h5,9,12H,2-4,6-8,10-11H2,1H3,(H,17,21). The van der Waals surface area contributed by atoms with Gasteiger partial charge in [0.05, 0.1) is 6.54 Å². The van der Waals surface area contributed by atoms with Gasteiger partial charge in [0.1, 0.15) is 0 Å². The van der Waals surface area contributed by atoms with E-state index in [0.29, 0.717) is 6.54 Å². The first-order valence-corrected chi connectivity index (χ1v) is 8.82. The number of nitrogens with one attached hydrogen (secondary N) is 1. The molecule has 1 aromatic heterocycles. The van der Waals surface area contributed by atoms with Gasteiger partial charge in [0.15, 0.2) is 0 Å². The lowest BCUT2D eigenvalue weighted by molar-refractivity contribution is -0.133. The van der Waals surface area contributed by atoms with E-state index in [1.165, 1.54) is 10.4 Å². The predicted molar refractivity (Wildman–Crippen MR) is 86.7 cm³/mol. The van der Waals surface area contributed by atoms with Gasteiger partial charge in [0.25, 0.3) is 0 Å². The largest absolute Gasteiger partial charge is 0.359 e. The molecule has 0 spiro atoms. The SMILES string of the molecule is CNC(=O)C1CCN(CC(=O)N2CCc3sccc3C2)CC1. The van der Waals surface area contributed by atoms with E-state index in [2.05, 4.69) is 21.7 Å². The van der Waals surface area contributed by atoms with Gasteiger partial charge in [-0.05, 0) is 49.4 Å². The van der Waals surface area contributed by atoms with Gasteiger partial charge in [-0.3, -0.25) is 14.5 Å². The Morgan fingerprint density at radius 2 is 2.09 bits per heavy atom. The molecule has 2 aliphatic heterocycles. The van der Waals surface area contributed by atoms with Gasteiger partial charge in [-0.1, -0.05) is 0 Å². The minimum atomic E-state index is 0.111. The van der Waals surface area contributed by atoms with Gasteiger partial charge in [0.2, 0.25) is 11.8 Å². The highest BCUT2D eigenvalue weighted by atomic mass is 32.1. The van der Waals surface area contributed by atoms with Crippen LogP contribution in [0.5, 0.6) is 0 Å². The zero-order valence-electron chi connectivity index (χ0n) is 13.0. The molecule has 1 fully saturated rings. The maximum atomic E-state index is 12.5. The van der Waals surface area contributed by atoms with Crippen LogP contribution in [0.1, 0.15) is 23.3 Å². The van der Waals surface area contributed by atoms with Crippen LogP contribution in [-0.2, 0) is 22.6 Å². The van der Waals surface area contributed by atoms with Crippen molar-refractivity contribution >= 4 is 23.2 Å². The van der Waals surface area contributed by atoms with E-state index in [1.807, 2.05) is 4.90 Å². The molecule has 6 heteroatoms. The van der Waals surface area contributed by atoms with Gasteiger partial charge in [-0.2, -0.15) is 0 Å². The molecule has 0 unspecified atom stereocenters. The van der Waals surface area contributed by atoms with E-state index in [4.69, 9.17) is 0 Å². The number of carbonyl (C=O) groups excluding carboxylic acids is 2. The van der Waals surface area contributed by atoms with Gasteiger partial charge < -0.3 is 10.2 Å². The maximum Gasteiger partial charge on any atom is 0.237 e. The predicted octanol–water partition coefficient (Wildman–Crippen LogP) is 1.09. The summed E-state index contributed by atoms with van der Waals surface area (Å²) in [4.78, 5) is 29.7. The van der Waals surface area contributed by atoms with Crippen LogP contribution in [0.25, 0.3) is 0 Å². The molecule has 120 valence electrons. The Morgan fingerprint density at radius 3 is 2.82 bits per heavy atom. The second-order valence-corrected chi connectivity index (χ2v) is 7.10. The number of rotatable bonds is 3. The Labute approximate surface area is 135 Å². The fourth-order valence-corrected chi connectivity index (χ4v) is 4.20. The summed E-state index contributed by atoms with van der Waals surface area (Å²) in [5.74, 6) is 0.460. The lowest BCUT2D eigenvalue weighted by Gasteiger charge is -2.33. The molecule has 0 bridgehead atoms. The van der Waals surface area contributed by atoms with E-state index in [1.54, 1.807) is 18.4 Å². The Kier molecular flexibility index (Phi) is 4.78. The molecular formula is C16H23N3O2S. The zero-order valence-corrected chi connectivity index (χ0v) is 13.8. The molecule has 22 heavy (non-hydrogen) atoms. The molecule has 0 saturated carbocycles. The van der Waals surface area contributed by atoms with Crippen molar-refractivity contribution in [2.24, 2.45) is 5.92 Å². The quantitative estimate of drug-likeness (QED) is 0.907. The average molecular weight is 321 g/mol. The van der Waals surface area contributed by atoms with Crippen molar-refractivity contribution in [1.82, 2.24) is 15.1 Å². The Morgan fingerprint density at radius 1 is 1.32 bits per heavy atom. The number of thiophene rings is 1. The summed E-state index contributed by atoms with van der Waals surface area (Å²) >= 11 is 1.79. The van der Waals surface area contributed by atoms with Crippen LogP contribution in [0.4, 0.5) is 0 Å². The van der Waals surface area contributed by atoms with Crippen molar-refractivity contribution in [1.29, 1.82) is 0 Å². The molecular weight excluding hydrogens is 298 g/mol. The Hall–Kier alpha value is -1.40. The number of likely N-dealkylation sites (tertiary alicyclic amines) is 1. The van der Waals surface area contributed by atoms with Crippen LogP contribution < -0.4 is 5.32 Å². The third-order valence-corrected chi connectivity index (χ3v) is 5.75. The fraction of sp³-hybridized carbons (Fsp3) is 0.625. The van der Waals surface area contributed by atoms with Crippen molar-refractivity contribution in [2.45, 2.75) is 25.8 Å². The highest BCUT2D eigenvalue weighted by Crippen LogP contribution is 2.24. The van der Waals surface area contributed by atoms with E-state index >= 15 is 0 Å². The molecule has 0 radical (unpaired) electrons. The monoisotopic (exact) mass is 321 g/mol. The second kappa shape index (κ2) is 6.79. The van der Waals surface area contributed by atoms with Crippen molar-refractivity contribution in [3.8, 4) is 0 Å². The number of amides is 2. The highest BCUT2D eigenvalue weighted by molar-refractivity contribution is 7.10. The number of nitrogens with zero attached hydrogens (tertiary/aromatic N) is 2. The van der Waals surface area contributed by atoms with Crippen molar-refractivity contribution in [2.75, 3.05) is 33.2 Å². The molecule has 1 N–H and O–H groups in total. The minimum Gasteiger partial charge on any atom is -0.359 e. The first kappa shape index (κ1) is 15.5. The zero-order chi connectivity index (χ0) is 15.5. The van der Waals surface area contributed by atoms with Crippen LogP contribution in [0.2, 0.25) is 0 Å². The lowest BCUT2D eigenvalue weighted by Crippen LogP contribution is -2.46. The number of hydrogen-bond donors (Lipinski definition) is 1. The summed E-state index contributed by atoms with van der Waals surface area (Å²) in [6, 6.07) is 2.13. The van der Waals surface area contributed by atoms with E-state index in [0.717, 1.165) is 45.4 Å². The van der Waals surface area contributed by atoms with Crippen LogP contribution >= 0.6 is 11.3 Å². The Bertz CT molecular complexity index is 549. The van der Waals surface area contributed by atoms with Crippen LogP contribution in [0, 0.1) is 5.92 Å². The molecule has 0 atom stereocenters. The van der Waals surface area contributed by atoms with E-state index in [9.17, 15) is 9.59 Å². The number of piperidine rings is 1. The van der Waals surface area contributed by atoms with Crippen LogP contribution in [0.3, 0.4) is 0 Å². The second-order valence-electron chi connectivity index (χ2n) is 6.10. The van der Waals surface area contributed by atoms with Gasteiger partial charge in [0, 0.05) is 30.9 Å². The van der Waals surface area contributed by atoms with Gasteiger partial charge in [-0.15, -0.1) is 11.3 Å². The lowest BCUT2D eigenvalue weighted by atomic mass is 9.96. The summed E-state index contributed by atoms with van der Waals surface area (Å²) in [7, 11) is 1.69. The average Bonchev–Trinajstić information content (AvgIpc) is 3.02. The molecule has 1 saturated heterocycles. The molecule has 3 heterocycles. The van der Waals surface area contributed by atoms with E-state index in [-0.39, 0.29) is 17.7 Å². The number of hydrogen-bond acceptors (Lipinski definition) is 4. The molecule has 1 aromatic rings. The summed E-state index contributed by atoms with van der Waals surface area (Å²) in [5, 5.41) is 4.83. The van der Waals surface area contributed by atoms with Crippen molar-refractivity contribution in [3.05, 3.63) is 21.9 Å². The summed E-state index contributed by atoms with van der Waals surface area (Å²) < 4.78 is 0. The maximum absolute atomic E-state index is 12.5. The summed E-state index contributed by atoms with van der Waals surface area (Å²) in [6.07, 6.45) is 2.68. The Balaban J connectivity index is 1.48. The third kappa shape index (κ3) is 3.33. The smallest absolute Gasteiger partial charge is 0.237 e. The number of carbonyl (C=O) groups is 2. The molecule has 0 aromatic carbocycles. The normalized spacial score (nSPS) is 19.8. The van der Waals surface area contributed by atoms with E-state index < -0.39 is 0 Å². The van der Waals surface area contributed by atoms with Crippen LogP contribution in [0.15, 0.2) is 11.4 Å². The van der Waals surface area contributed by atoms with Crippen molar-refractivity contribution < 1.29 is 9.59 Å². The summed E-state index contributed by atoms with van der Waals surface area (Å²) in [6.45, 7) is 3.75. The molecule has 0 aliphatic carbocycles. The number of fused-ring (bicyclic) bond motifs is 1. The highest BCUT2D eigenvalue weighted by Gasteiger charge is 2.27. The van der Waals surface area contributed by atoms with Crippen molar-refractivity contribution in [3.63, 3.8) is 0 Å². The first-order valence-electron chi connectivity index (χ1n) is 7.94. The third-order valence-electron chi connectivity index (χ3n) is 4.72.